The van der Waals surface area contributed by atoms with E-state index in [4.69, 9.17) is 13.9 Å². The van der Waals surface area contributed by atoms with Gasteiger partial charge in [-0.3, -0.25) is 4.79 Å². The Hall–Kier alpha value is -3.89. The minimum atomic E-state index is -3.72. The summed E-state index contributed by atoms with van der Waals surface area (Å²) in [5.74, 6) is -0.545. The Morgan fingerprint density at radius 1 is 1.11 bits per heavy atom. The summed E-state index contributed by atoms with van der Waals surface area (Å²) in [6.07, 6.45) is 0.330. The van der Waals surface area contributed by atoms with Gasteiger partial charge in [-0.15, -0.1) is 0 Å². The number of carboxylic acid groups (broad SMARTS) is 1. The number of carbonyl (C=O) groups excluding carboxylic acids is 1. The van der Waals surface area contributed by atoms with Crippen molar-refractivity contribution in [1.82, 2.24) is 4.90 Å². The fourth-order valence-electron chi connectivity index (χ4n) is 3.71. The Morgan fingerprint density at radius 3 is 2.47 bits per heavy atom. The maximum Gasteiger partial charge on any atom is 0.415 e. The predicted molar refractivity (Wildman–Crippen MR) is 143 cm³/mol. The maximum absolute atomic E-state index is 13.1. The highest BCUT2D eigenvalue weighted by Crippen LogP contribution is 2.29. The highest BCUT2D eigenvalue weighted by atomic mass is 32.2. The van der Waals surface area contributed by atoms with Gasteiger partial charge in [0.15, 0.2) is 9.84 Å². The van der Waals surface area contributed by atoms with Crippen molar-refractivity contribution in [3.8, 4) is 5.75 Å². The van der Waals surface area contributed by atoms with E-state index < -0.39 is 27.8 Å². The standard InChI is InChI=1S/C28H31NO8S/c1-20-9-12-25(36-20)24(22-7-5-4-6-8-22)19-38(33,34)16-13-21-10-11-23(18-27(30)31)26(17-21)37-28(32)29(2)14-15-35-3/h4-13,16-17,24H,14-15,18-19H2,1-3H3,(H,30,31). The van der Waals surface area contributed by atoms with Crippen molar-refractivity contribution in [3.63, 3.8) is 0 Å². The van der Waals surface area contributed by atoms with Crippen LogP contribution in [0.3, 0.4) is 0 Å². The molecule has 9 nitrogen and oxygen atoms in total. The van der Waals surface area contributed by atoms with Gasteiger partial charge in [0.05, 0.1) is 24.7 Å². The molecule has 0 aliphatic heterocycles. The van der Waals surface area contributed by atoms with Crippen molar-refractivity contribution in [2.45, 2.75) is 19.3 Å². The summed E-state index contributed by atoms with van der Waals surface area (Å²) >= 11 is 0. The molecule has 1 heterocycles. The van der Waals surface area contributed by atoms with Crippen molar-refractivity contribution in [2.24, 2.45) is 0 Å². The summed E-state index contributed by atoms with van der Waals surface area (Å²) in [6, 6.07) is 17.3. The number of methoxy groups -OCH3 is 1. The number of sulfone groups is 1. The van der Waals surface area contributed by atoms with Crippen molar-refractivity contribution in [3.05, 3.63) is 94.3 Å². The Morgan fingerprint density at radius 2 is 1.84 bits per heavy atom. The molecule has 0 aliphatic carbocycles. The first-order valence-corrected chi connectivity index (χ1v) is 13.6. The fraction of sp³-hybridized carbons (Fsp3) is 0.286. The number of likely N-dealkylation sites (N-methyl/N-ethyl adjacent to an activating group) is 1. The van der Waals surface area contributed by atoms with E-state index in [0.717, 1.165) is 11.0 Å². The van der Waals surface area contributed by atoms with Gasteiger partial charge in [-0.2, -0.15) is 0 Å². The van der Waals surface area contributed by atoms with Crippen molar-refractivity contribution >= 4 is 28.0 Å². The molecule has 0 radical (unpaired) electrons. The van der Waals surface area contributed by atoms with Gasteiger partial charge < -0.3 is 23.9 Å². The second-order valence-electron chi connectivity index (χ2n) is 8.76. The summed E-state index contributed by atoms with van der Waals surface area (Å²) in [5.41, 5.74) is 1.52. The molecule has 1 N–H and O–H groups in total. The monoisotopic (exact) mass is 541 g/mol. The lowest BCUT2D eigenvalue weighted by Crippen LogP contribution is -2.32. The number of amides is 1. The van der Waals surface area contributed by atoms with Crippen LogP contribution in [0.25, 0.3) is 6.08 Å². The molecule has 3 aromatic rings. The Labute approximate surface area is 222 Å². The van der Waals surface area contributed by atoms with E-state index in [1.807, 2.05) is 30.3 Å². The maximum atomic E-state index is 13.1. The molecule has 38 heavy (non-hydrogen) atoms. The number of aryl methyl sites for hydroxylation is 1. The molecule has 0 spiro atoms. The smallest absolute Gasteiger partial charge is 0.415 e. The molecule has 1 atom stereocenters. The van der Waals surface area contributed by atoms with Gasteiger partial charge in [0.25, 0.3) is 0 Å². The number of furan rings is 1. The summed E-state index contributed by atoms with van der Waals surface area (Å²) in [6.45, 7) is 2.38. The van der Waals surface area contributed by atoms with E-state index >= 15 is 0 Å². The van der Waals surface area contributed by atoms with Crippen molar-refractivity contribution in [1.29, 1.82) is 0 Å². The number of ether oxygens (including phenoxy) is 2. The molecule has 2 aromatic carbocycles. The number of carbonyl (C=O) groups is 2. The summed E-state index contributed by atoms with van der Waals surface area (Å²) in [7, 11) is -0.688. The molecule has 0 aliphatic rings. The van der Waals surface area contributed by atoms with Crippen LogP contribution in [-0.2, 0) is 25.8 Å². The van der Waals surface area contributed by atoms with Crippen LogP contribution < -0.4 is 4.74 Å². The van der Waals surface area contributed by atoms with E-state index in [1.54, 1.807) is 25.1 Å². The molecule has 10 heteroatoms. The lowest BCUT2D eigenvalue weighted by molar-refractivity contribution is -0.136. The van der Waals surface area contributed by atoms with Gasteiger partial charge in [0, 0.05) is 31.7 Å². The number of carboxylic acids is 1. The molecule has 0 saturated heterocycles. The lowest BCUT2D eigenvalue weighted by Gasteiger charge is -2.17. The van der Waals surface area contributed by atoms with Gasteiger partial charge in [-0.1, -0.05) is 42.5 Å². The average Bonchev–Trinajstić information content (AvgIpc) is 3.32. The van der Waals surface area contributed by atoms with E-state index in [-0.39, 0.29) is 30.0 Å². The SMILES string of the molecule is COCCN(C)C(=O)Oc1cc(C=CS(=O)(=O)CC(c2ccccc2)c2ccc(C)o2)ccc1CC(=O)O. The van der Waals surface area contributed by atoms with Crippen LogP contribution in [0, 0.1) is 6.92 Å². The number of hydrogen-bond acceptors (Lipinski definition) is 7. The van der Waals surface area contributed by atoms with Crippen molar-refractivity contribution in [2.75, 3.05) is 33.1 Å². The molecule has 0 bridgehead atoms. The van der Waals surface area contributed by atoms with Crippen LogP contribution in [-0.4, -0.2) is 63.5 Å². The third-order valence-electron chi connectivity index (χ3n) is 5.75. The molecule has 1 amide bonds. The van der Waals surface area contributed by atoms with E-state index in [2.05, 4.69) is 0 Å². The van der Waals surface area contributed by atoms with Crippen LogP contribution in [0.5, 0.6) is 5.75 Å². The van der Waals surface area contributed by atoms with Crippen LogP contribution in [0.4, 0.5) is 4.79 Å². The Kier molecular flexibility index (Phi) is 9.86. The summed E-state index contributed by atoms with van der Waals surface area (Å²) in [4.78, 5) is 25.0. The molecule has 0 saturated carbocycles. The van der Waals surface area contributed by atoms with Crippen LogP contribution in [0.2, 0.25) is 0 Å². The average molecular weight is 542 g/mol. The topological polar surface area (TPSA) is 123 Å². The molecule has 1 unspecified atom stereocenters. The second kappa shape index (κ2) is 13.1. The molecular formula is C28H31NO8S. The van der Waals surface area contributed by atoms with Crippen molar-refractivity contribution < 1.29 is 37.0 Å². The predicted octanol–water partition coefficient (Wildman–Crippen LogP) is 4.51. The van der Waals surface area contributed by atoms with E-state index in [0.29, 0.717) is 23.7 Å². The first-order chi connectivity index (χ1) is 18.1. The van der Waals surface area contributed by atoms with Gasteiger partial charge in [-0.05, 0) is 42.3 Å². The summed E-state index contributed by atoms with van der Waals surface area (Å²) < 4.78 is 42.4. The highest BCUT2D eigenvalue weighted by molar-refractivity contribution is 7.94. The first kappa shape index (κ1) is 28.7. The molecule has 202 valence electrons. The lowest BCUT2D eigenvalue weighted by atomic mass is 9.99. The zero-order valence-corrected chi connectivity index (χ0v) is 22.3. The third-order valence-corrected chi connectivity index (χ3v) is 7.09. The largest absolute Gasteiger partial charge is 0.481 e. The molecule has 3 rings (SSSR count). The molecule has 0 fully saturated rings. The minimum absolute atomic E-state index is 0.0365. The van der Waals surface area contributed by atoms with Crippen LogP contribution >= 0.6 is 0 Å². The second-order valence-corrected chi connectivity index (χ2v) is 10.7. The fourth-order valence-corrected chi connectivity index (χ4v) is 5.01. The zero-order valence-electron chi connectivity index (χ0n) is 21.5. The normalized spacial score (nSPS) is 12.4. The number of nitrogens with zero attached hydrogens (tertiary/aromatic N) is 1. The number of aliphatic carboxylic acids is 1. The number of hydrogen-bond donors (Lipinski definition) is 1. The van der Waals surface area contributed by atoms with Gasteiger partial charge >= 0.3 is 12.1 Å². The highest BCUT2D eigenvalue weighted by Gasteiger charge is 2.24. The zero-order chi connectivity index (χ0) is 27.7. The quantitative estimate of drug-likeness (QED) is 0.355. The van der Waals surface area contributed by atoms with E-state index in [1.165, 1.54) is 37.3 Å². The minimum Gasteiger partial charge on any atom is -0.481 e. The number of benzene rings is 2. The van der Waals surface area contributed by atoms with E-state index in [9.17, 15) is 23.1 Å². The summed E-state index contributed by atoms with van der Waals surface area (Å²) in [5, 5.41) is 10.3. The molecule has 1 aromatic heterocycles. The van der Waals surface area contributed by atoms with Gasteiger partial charge in [0.1, 0.15) is 17.3 Å². The van der Waals surface area contributed by atoms with Crippen LogP contribution in [0.1, 0.15) is 34.1 Å². The van der Waals surface area contributed by atoms with Gasteiger partial charge in [-0.25, -0.2) is 13.2 Å². The Bertz CT molecular complexity index is 1380. The third kappa shape index (κ3) is 8.32. The van der Waals surface area contributed by atoms with Crippen LogP contribution in [0.15, 0.2) is 70.5 Å². The Balaban J connectivity index is 1.85. The van der Waals surface area contributed by atoms with Gasteiger partial charge in [0.2, 0.25) is 0 Å². The number of rotatable bonds is 12. The molecular weight excluding hydrogens is 510 g/mol. The first-order valence-electron chi connectivity index (χ1n) is 11.9.